The second kappa shape index (κ2) is 7.93. The smallest absolute Gasteiger partial charge is 0.372 e. The summed E-state index contributed by atoms with van der Waals surface area (Å²) in [5.74, 6) is 0. The molecule has 0 aromatic heterocycles. The van der Waals surface area contributed by atoms with Crippen LogP contribution in [0.2, 0.25) is 0 Å². The van der Waals surface area contributed by atoms with Crippen molar-refractivity contribution in [2.75, 3.05) is 23.9 Å². The van der Waals surface area contributed by atoms with Crippen LogP contribution in [0.15, 0.2) is 0 Å². The Labute approximate surface area is 111 Å². The average Bonchev–Trinajstić information content (AvgIpc) is 2.23. The lowest BCUT2D eigenvalue weighted by molar-refractivity contribution is -0.174. The molecule has 0 saturated heterocycles. The Hall–Kier alpha value is 0.710. The van der Waals surface area contributed by atoms with E-state index in [0.717, 1.165) is 23.5 Å². The Bertz CT molecular complexity index is 173. The summed E-state index contributed by atoms with van der Waals surface area (Å²) >= 11 is 6.89. The van der Waals surface area contributed by atoms with Crippen molar-refractivity contribution in [3.05, 3.63) is 0 Å². The van der Waals surface area contributed by atoms with Crippen LogP contribution in [0.25, 0.3) is 0 Å². The van der Waals surface area contributed by atoms with Crippen molar-refractivity contribution in [1.82, 2.24) is 0 Å². The molecule has 0 atom stereocenters. The van der Waals surface area contributed by atoms with Gasteiger partial charge in [0.05, 0.1) is 0 Å². The first kappa shape index (κ1) is 16.7. The normalized spacial score (nSPS) is 13.1. The van der Waals surface area contributed by atoms with Gasteiger partial charge in [0.1, 0.15) is 6.61 Å². The second-order valence-electron chi connectivity index (χ2n) is 3.89. The number of ether oxygens (including phenoxy) is 1. The molecule has 0 fully saturated rings. The van der Waals surface area contributed by atoms with E-state index in [1.807, 2.05) is 0 Å². The quantitative estimate of drug-likeness (QED) is 0.451. The molecule has 0 heterocycles. The fraction of sp³-hybridized carbons (Fsp3) is 1.00. The molecule has 0 radical (unpaired) electrons. The molecule has 6 heteroatoms. The van der Waals surface area contributed by atoms with Gasteiger partial charge in [-0.25, -0.2) is 0 Å². The minimum Gasteiger partial charge on any atom is -0.372 e. The predicted octanol–water partition coefficient (Wildman–Crippen LogP) is 4.53. The van der Waals surface area contributed by atoms with Gasteiger partial charge in [-0.15, -0.1) is 0 Å². The molecule has 0 amide bonds. The van der Waals surface area contributed by atoms with E-state index in [9.17, 15) is 13.2 Å². The van der Waals surface area contributed by atoms with E-state index in [-0.39, 0.29) is 12.0 Å². The van der Waals surface area contributed by atoms with Gasteiger partial charge in [0.15, 0.2) is 0 Å². The number of hydrogen-bond donors (Lipinski definition) is 0. The Morgan fingerprint density at radius 3 is 2.06 bits per heavy atom. The first-order valence-corrected chi connectivity index (χ1v) is 7.40. The predicted molar refractivity (Wildman–Crippen MR) is 66.4 cm³/mol. The summed E-state index contributed by atoms with van der Waals surface area (Å²) in [4.78, 5) is 0. The lowest BCUT2D eigenvalue weighted by atomic mass is 9.85. The largest absolute Gasteiger partial charge is 0.411 e. The highest BCUT2D eigenvalue weighted by atomic mass is 79.9. The molecule has 0 aliphatic carbocycles. The highest BCUT2D eigenvalue weighted by molar-refractivity contribution is 9.09. The molecule has 0 aliphatic rings. The minimum atomic E-state index is -4.22. The average molecular weight is 370 g/mol. The zero-order valence-electron chi connectivity index (χ0n) is 9.25. The Morgan fingerprint density at radius 1 is 1.12 bits per heavy atom. The first-order valence-electron chi connectivity index (χ1n) is 5.15. The molecular weight excluding hydrogens is 353 g/mol. The highest BCUT2D eigenvalue weighted by Gasteiger charge is 2.28. The molecule has 0 N–H and O–H groups in total. The van der Waals surface area contributed by atoms with E-state index in [4.69, 9.17) is 0 Å². The summed E-state index contributed by atoms with van der Waals surface area (Å²) in [5, 5.41) is 1.70. The van der Waals surface area contributed by atoms with Crippen molar-refractivity contribution in [1.29, 1.82) is 0 Å². The lowest BCUT2D eigenvalue weighted by Gasteiger charge is -2.28. The van der Waals surface area contributed by atoms with Gasteiger partial charge in [0.25, 0.3) is 0 Å². The highest BCUT2D eigenvalue weighted by Crippen LogP contribution is 2.32. The fourth-order valence-corrected chi connectivity index (χ4v) is 3.55. The molecule has 0 bridgehead atoms. The van der Waals surface area contributed by atoms with Gasteiger partial charge in [0, 0.05) is 17.3 Å². The van der Waals surface area contributed by atoms with Crippen LogP contribution in [0, 0.1) is 5.41 Å². The van der Waals surface area contributed by atoms with Crippen LogP contribution < -0.4 is 0 Å². The molecule has 0 spiro atoms. The van der Waals surface area contributed by atoms with Crippen LogP contribution in [0.5, 0.6) is 0 Å². The molecule has 0 rings (SSSR count). The summed E-state index contributed by atoms with van der Waals surface area (Å²) in [6.45, 7) is 1.11. The van der Waals surface area contributed by atoms with Gasteiger partial charge in [-0.1, -0.05) is 38.8 Å². The summed E-state index contributed by atoms with van der Waals surface area (Å²) in [6.07, 6.45) is -1.71. The number of rotatable bonds is 8. The third kappa shape index (κ3) is 7.12. The van der Waals surface area contributed by atoms with Gasteiger partial charge in [0.2, 0.25) is 0 Å². The summed E-state index contributed by atoms with van der Waals surface area (Å²) in [7, 11) is 0. The van der Waals surface area contributed by atoms with Gasteiger partial charge in [-0.05, 0) is 24.7 Å². The van der Waals surface area contributed by atoms with Crippen LogP contribution in [-0.4, -0.2) is 30.1 Å². The van der Waals surface area contributed by atoms with Crippen LogP contribution in [0.3, 0.4) is 0 Å². The van der Waals surface area contributed by atoms with E-state index in [0.29, 0.717) is 6.42 Å². The third-order valence-electron chi connectivity index (χ3n) is 2.58. The van der Waals surface area contributed by atoms with E-state index in [2.05, 4.69) is 43.5 Å². The number of hydrogen-bond acceptors (Lipinski definition) is 1. The van der Waals surface area contributed by atoms with Gasteiger partial charge >= 0.3 is 6.18 Å². The molecule has 98 valence electrons. The Balaban J connectivity index is 3.71. The molecular formula is C10H17Br2F3O. The molecule has 0 aromatic rings. The Kier molecular flexibility index (Phi) is 8.28. The van der Waals surface area contributed by atoms with Crippen molar-refractivity contribution in [2.45, 2.75) is 32.4 Å². The first-order chi connectivity index (χ1) is 7.39. The summed E-state index contributed by atoms with van der Waals surface area (Å²) in [6, 6.07) is 0. The van der Waals surface area contributed by atoms with E-state index in [1.54, 1.807) is 0 Å². The molecule has 16 heavy (non-hydrogen) atoms. The van der Waals surface area contributed by atoms with E-state index in [1.165, 1.54) is 0 Å². The third-order valence-corrected chi connectivity index (χ3v) is 4.96. The maximum Gasteiger partial charge on any atom is 0.411 e. The maximum atomic E-state index is 11.8. The molecule has 0 aromatic carbocycles. The summed E-state index contributed by atoms with van der Waals surface area (Å²) in [5.41, 5.74) is 0.127. The molecule has 1 nitrogen and oxygen atoms in total. The van der Waals surface area contributed by atoms with E-state index >= 15 is 0 Å². The lowest BCUT2D eigenvalue weighted by Crippen LogP contribution is -2.25. The van der Waals surface area contributed by atoms with Crippen molar-refractivity contribution < 1.29 is 17.9 Å². The van der Waals surface area contributed by atoms with Crippen LogP contribution in [0.1, 0.15) is 26.2 Å². The van der Waals surface area contributed by atoms with Gasteiger partial charge < -0.3 is 4.74 Å². The fourth-order valence-electron chi connectivity index (χ4n) is 1.27. The summed E-state index contributed by atoms with van der Waals surface area (Å²) < 4.78 is 39.9. The van der Waals surface area contributed by atoms with Crippen molar-refractivity contribution >= 4 is 31.9 Å². The minimum absolute atomic E-state index is 0.127. The topological polar surface area (TPSA) is 9.23 Å². The zero-order chi connectivity index (χ0) is 12.7. The Morgan fingerprint density at radius 2 is 1.69 bits per heavy atom. The van der Waals surface area contributed by atoms with Crippen molar-refractivity contribution in [2.24, 2.45) is 5.41 Å². The van der Waals surface area contributed by atoms with Gasteiger partial charge in [-0.2, -0.15) is 13.2 Å². The van der Waals surface area contributed by atoms with Gasteiger partial charge in [-0.3, -0.25) is 0 Å². The van der Waals surface area contributed by atoms with Crippen molar-refractivity contribution in [3.8, 4) is 0 Å². The monoisotopic (exact) mass is 368 g/mol. The maximum absolute atomic E-state index is 11.8. The SMILES string of the molecule is CCC(CBr)(CBr)CCCOCC(F)(F)F. The number of halogens is 5. The van der Waals surface area contributed by atoms with Crippen LogP contribution in [0.4, 0.5) is 13.2 Å². The van der Waals surface area contributed by atoms with E-state index < -0.39 is 12.8 Å². The number of alkyl halides is 5. The molecule has 0 saturated carbocycles. The second-order valence-corrected chi connectivity index (χ2v) is 5.01. The molecule has 0 aliphatic heterocycles. The van der Waals surface area contributed by atoms with Crippen LogP contribution >= 0.6 is 31.9 Å². The zero-order valence-corrected chi connectivity index (χ0v) is 12.4. The van der Waals surface area contributed by atoms with Crippen LogP contribution in [-0.2, 0) is 4.74 Å². The van der Waals surface area contributed by atoms with Crippen molar-refractivity contribution in [3.63, 3.8) is 0 Å². The molecule has 0 unspecified atom stereocenters. The standard InChI is InChI=1S/C10H17Br2F3O/c1-2-9(6-11,7-12)4-3-5-16-8-10(13,14)15/h2-8H2,1H3.